The molecule has 9 heteroatoms. The van der Waals surface area contributed by atoms with Crippen LogP contribution in [-0.2, 0) is 17.1 Å². The summed E-state index contributed by atoms with van der Waals surface area (Å²) in [7, 11) is 0. The van der Waals surface area contributed by atoms with Gasteiger partial charge in [0.1, 0.15) is 0 Å². The van der Waals surface area contributed by atoms with Gasteiger partial charge in [-0.2, -0.15) is 0 Å². The molecule has 218 valence electrons. The quantitative estimate of drug-likeness (QED) is 0.249. The minimum absolute atomic E-state index is 0. The third-order valence-electron chi connectivity index (χ3n) is 11.3. The van der Waals surface area contributed by atoms with Crippen LogP contribution in [0.5, 0.6) is 0 Å². The SMILES string of the molecule is [Fe+2].c1ccc2c(c1)C1NC2NC2[N-]C(NC3NC(NC4[N-]C(N1)C1CCCCC41)c1ccccc13)C1CCCCC21. The number of benzene rings is 2. The van der Waals surface area contributed by atoms with Gasteiger partial charge in [0.05, 0.1) is 24.7 Å². The minimum Gasteiger partial charge on any atom is -0.632 e. The van der Waals surface area contributed by atoms with Crippen molar-refractivity contribution in [2.75, 3.05) is 0 Å². The average Bonchev–Trinajstić information content (AvgIpc) is 3.73. The Morgan fingerprint density at radius 3 is 0.951 bits per heavy atom. The first-order chi connectivity index (χ1) is 19.8. The molecule has 2 aromatic rings. The maximum atomic E-state index is 5.48. The van der Waals surface area contributed by atoms with Crippen LogP contribution in [0, 0.1) is 23.7 Å². The molecule has 3 saturated heterocycles. The second-order valence-corrected chi connectivity index (χ2v) is 13.3. The molecule has 2 aromatic carbocycles. The van der Waals surface area contributed by atoms with Gasteiger partial charge < -0.3 is 31.9 Å². The van der Waals surface area contributed by atoms with Gasteiger partial charge in [0.15, 0.2) is 0 Å². The Bertz CT molecular complexity index is 1070. The molecule has 0 aromatic heterocycles. The van der Waals surface area contributed by atoms with Crippen LogP contribution in [0.3, 0.4) is 0 Å². The number of hydrogen-bond donors (Lipinski definition) is 6. The number of rotatable bonds is 0. The van der Waals surface area contributed by atoms with Gasteiger partial charge in [-0.15, -0.1) is 0 Å². The van der Waals surface area contributed by atoms with Crippen LogP contribution < -0.4 is 31.9 Å². The van der Waals surface area contributed by atoms with E-state index in [4.69, 9.17) is 10.6 Å². The zero-order valence-electron chi connectivity index (χ0n) is 23.5. The molecule has 12 atom stereocenters. The summed E-state index contributed by atoms with van der Waals surface area (Å²) in [6.45, 7) is 0. The Labute approximate surface area is 254 Å². The van der Waals surface area contributed by atoms with E-state index in [0.717, 1.165) is 0 Å². The first-order valence-corrected chi connectivity index (χ1v) is 15.9. The van der Waals surface area contributed by atoms with Crippen molar-refractivity contribution in [3.8, 4) is 0 Å². The summed E-state index contributed by atoms with van der Waals surface area (Å²) < 4.78 is 0. The fourth-order valence-electron chi connectivity index (χ4n) is 9.40. The summed E-state index contributed by atoms with van der Waals surface area (Å²) in [5, 5.41) is 34.9. The molecule has 8 bridgehead atoms. The Kier molecular flexibility index (Phi) is 7.28. The molecule has 6 N–H and O–H groups in total. The van der Waals surface area contributed by atoms with Crippen molar-refractivity contribution < 1.29 is 17.1 Å². The molecule has 7 aliphatic rings. The van der Waals surface area contributed by atoms with Crippen LogP contribution in [0.25, 0.3) is 10.6 Å². The standard InChI is InChI=1S/C32H42N8.Fe/c1-2-10-18-17(9-1)25-33-26(18)38-28-21-13-5-6-14-22(21)30(35-28)40-32-24-16-8-7-15-23(24)31(36-32)39-29-20-12-4-3-11-19(20)27(34-29)37-25;/h1-2,7-10,15-16,19-22,25-33,36-40H,3-6,11-14H2;/q-2;+2. The van der Waals surface area contributed by atoms with Gasteiger partial charge in [0.25, 0.3) is 0 Å². The number of fused-ring (bicyclic) bond motifs is 20. The average molecular weight is 595 g/mol. The van der Waals surface area contributed by atoms with E-state index in [1.165, 1.54) is 73.6 Å². The molecule has 2 aliphatic carbocycles. The van der Waals surface area contributed by atoms with E-state index in [9.17, 15) is 0 Å². The Balaban J connectivity index is 0.00000256. The predicted octanol–water partition coefficient (Wildman–Crippen LogP) is 4.65. The molecule has 0 amide bonds. The molecule has 5 heterocycles. The van der Waals surface area contributed by atoms with Gasteiger partial charge in [0, 0.05) is 0 Å². The van der Waals surface area contributed by atoms with Gasteiger partial charge in [0.2, 0.25) is 0 Å². The van der Waals surface area contributed by atoms with Crippen molar-refractivity contribution >= 4 is 0 Å². The van der Waals surface area contributed by atoms with Crippen LogP contribution in [-0.4, -0.2) is 24.7 Å². The van der Waals surface area contributed by atoms with Crippen molar-refractivity contribution in [2.24, 2.45) is 23.7 Å². The summed E-state index contributed by atoms with van der Waals surface area (Å²) in [5.41, 5.74) is 5.41. The van der Waals surface area contributed by atoms with E-state index in [2.05, 4.69) is 80.4 Å². The predicted molar refractivity (Wildman–Crippen MR) is 155 cm³/mol. The van der Waals surface area contributed by atoms with Crippen molar-refractivity contribution in [1.29, 1.82) is 0 Å². The van der Waals surface area contributed by atoms with Crippen LogP contribution in [0.4, 0.5) is 0 Å². The monoisotopic (exact) mass is 594 g/mol. The maximum absolute atomic E-state index is 5.48. The molecule has 0 spiro atoms. The molecule has 2 saturated carbocycles. The van der Waals surface area contributed by atoms with Crippen molar-refractivity contribution in [3.05, 3.63) is 81.4 Å². The van der Waals surface area contributed by atoms with Crippen LogP contribution in [0.1, 0.15) is 98.3 Å². The first kappa shape index (κ1) is 27.2. The molecule has 8 nitrogen and oxygen atoms in total. The maximum Gasteiger partial charge on any atom is 2.00 e. The van der Waals surface area contributed by atoms with Crippen molar-refractivity contribution in [2.45, 2.75) is 101 Å². The third-order valence-corrected chi connectivity index (χ3v) is 11.3. The fraction of sp³-hybridized carbons (Fsp3) is 0.625. The fourth-order valence-corrected chi connectivity index (χ4v) is 9.40. The second kappa shape index (κ2) is 11.0. The topological polar surface area (TPSA) is 100 Å². The van der Waals surface area contributed by atoms with Crippen LogP contribution >= 0.6 is 0 Å². The van der Waals surface area contributed by atoms with Crippen molar-refractivity contribution in [1.82, 2.24) is 31.9 Å². The van der Waals surface area contributed by atoms with E-state index in [1.807, 2.05) is 0 Å². The summed E-state index contributed by atoms with van der Waals surface area (Å²) in [6, 6.07) is 17.9. The van der Waals surface area contributed by atoms with E-state index in [-0.39, 0.29) is 66.4 Å². The summed E-state index contributed by atoms with van der Waals surface area (Å²) >= 11 is 0. The van der Waals surface area contributed by atoms with Gasteiger partial charge in [-0.1, -0.05) is 125 Å². The molecular weight excluding hydrogens is 552 g/mol. The number of hydrogen-bond acceptors (Lipinski definition) is 6. The van der Waals surface area contributed by atoms with Gasteiger partial charge in [-0.05, 0) is 45.9 Å². The van der Waals surface area contributed by atoms with Gasteiger partial charge in [-0.25, -0.2) is 0 Å². The first-order valence-electron chi connectivity index (χ1n) is 15.9. The molecule has 0 radical (unpaired) electrons. The second-order valence-electron chi connectivity index (χ2n) is 13.3. The number of nitrogens with one attached hydrogen (secondary N) is 6. The zero-order valence-corrected chi connectivity index (χ0v) is 24.6. The van der Waals surface area contributed by atoms with Gasteiger partial charge in [-0.3, -0.25) is 10.6 Å². The van der Waals surface area contributed by atoms with Crippen molar-refractivity contribution in [3.63, 3.8) is 0 Å². The Hall–Kier alpha value is -1.36. The minimum atomic E-state index is 0. The summed E-state index contributed by atoms with van der Waals surface area (Å²) in [5.74, 6) is 2.29. The summed E-state index contributed by atoms with van der Waals surface area (Å²) in [4.78, 5) is 0. The zero-order chi connectivity index (χ0) is 26.2. The Morgan fingerprint density at radius 2 is 0.683 bits per heavy atom. The molecule has 12 unspecified atom stereocenters. The molecule has 5 aliphatic heterocycles. The normalized spacial score (nSPS) is 44.3. The van der Waals surface area contributed by atoms with E-state index in [0.29, 0.717) is 23.7 Å². The number of nitrogens with zero attached hydrogens (tertiary/aromatic N) is 2. The molecular formula is C32H42FeN8. The smallest absolute Gasteiger partial charge is 0.632 e. The van der Waals surface area contributed by atoms with Crippen LogP contribution in [0.2, 0.25) is 0 Å². The Morgan fingerprint density at radius 1 is 0.415 bits per heavy atom. The van der Waals surface area contributed by atoms with E-state index in [1.54, 1.807) is 0 Å². The molecule has 41 heavy (non-hydrogen) atoms. The van der Waals surface area contributed by atoms with Crippen LogP contribution in [0.15, 0.2) is 48.5 Å². The van der Waals surface area contributed by atoms with Gasteiger partial charge >= 0.3 is 17.1 Å². The molecule has 5 fully saturated rings. The summed E-state index contributed by atoms with van der Waals surface area (Å²) in [6.07, 6.45) is 11.2. The molecule has 9 rings (SSSR count). The third kappa shape index (κ3) is 4.56. The van der Waals surface area contributed by atoms with E-state index < -0.39 is 0 Å². The largest absolute Gasteiger partial charge is 2.00 e. The van der Waals surface area contributed by atoms with E-state index >= 15 is 0 Å².